The third kappa shape index (κ3) is 2.99. The average Bonchev–Trinajstić information content (AvgIpc) is 3.07. The first-order chi connectivity index (χ1) is 13.0. The molecule has 1 aliphatic heterocycles. The maximum Gasteiger partial charge on any atom is 0.161 e. The zero-order chi connectivity index (χ0) is 19.1. The first kappa shape index (κ1) is 18.0. The van der Waals surface area contributed by atoms with Gasteiger partial charge in [-0.3, -0.25) is 9.69 Å². The zero-order valence-electron chi connectivity index (χ0n) is 14.2. The number of hydrogen-bond donors (Lipinski definition) is 1. The van der Waals surface area contributed by atoms with Gasteiger partial charge in [-0.15, -0.1) is 11.3 Å². The van der Waals surface area contributed by atoms with Gasteiger partial charge in [0.1, 0.15) is 11.6 Å². The minimum Gasteiger partial charge on any atom is -0.384 e. The molecule has 0 saturated heterocycles. The molecule has 4 nitrogen and oxygen atoms in total. The summed E-state index contributed by atoms with van der Waals surface area (Å²) in [5.41, 5.74) is 8.62. The van der Waals surface area contributed by atoms with Gasteiger partial charge in [0.15, 0.2) is 5.78 Å². The van der Waals surface area contributed by atoms with Gasteiger partial charge in [0, 0.05) is 32.4 Å². The fraction of sp³-hybridized carbons (Fsp3) is 0.200. The third-order valence-electron chi connectivity index (χ3n) is 4.85. The summed E-state index contributed by atoms with van der Waals surface area (Å²) >= 11 is 4.92. The van der Waals surface area contributed by atoms with Crippen molar-refractivity contribution in [2.24, 2.45) is 5.73 Å². The van der Waals surface area contributed by atoms with E-state index in [1.165, 1.54) is 23.5 Å². The topological polar surface area (TPSA) is 70.1 Å². The van der Waals surface area contributed by atoms with Gasteiger partial charge in [-0.2, -0.15) is 5.26 Å². The monoisotopic (exact) mass is 443 g/mol. The Hall–Kier alpha value is -2.43. The second-order valence-electron chi connectivity index (χ2n) is 6.46. The lowest BCUT2D eigenvalue weighted by Gasteiger charge is -2.39. The number of benzene rings is 1. The molecule has 1 unspecified atom stereocenters. The molecule has 0 bridgehead atoms. The number of carbonyl (C=O) groups excluding carboxylic acids is 1. The van der Waals surface area contributed by atoms with Crippen molar-refractivity contribution in [2.75, 3.05) is 4.90 Å². The molecule has 2 N–H and O–H groups in total. The number of hydrogen-bond acceptors (Lipinski definition) is 5. The lowest BCUT2D eigenvalue weighted by Crippen LogP contribution is -2.38. The second kappa shape index (κ2) is 6.95. The molecule has 1 atom stereocenters. The van der Waals surface area contributed by atoms with Gasteiger partial charge in [-0.25, -0.2) is 4.39 Å². The summed E-state index contributed by atoms with van der Waals surface area (Å²) in [5.74, 6) is -0.593. The molecule has 1 aliphatic carbocycles. The minimum atomic E-state index is -0.473. The average molecular weight is 444 g/mol. The van der Waals surface area contributed by atoms with Crippen molar-refractivity contribution in [3.05, 3.63) is 73.5 Å². The Morgan fingerprint density at radius 3 is 2.81 bits per heavy atom. The summed E-state index contributed by atoms with van der Waals surface area (Å²) in [4.78, 5) is 15.5. The fourth-order valence-electron chi connectivity index (χ4n) is 3.76. The summed E-state index contributed by atoms with van der Waals surface area (Å²) in [5, 5.41) is 11.8. The zero-order valence-corrected chi connectivity index (χ0v) is 16.6. The first-order valence-electron chi connectivity index (χ1n) is 8.47. The van der Waals surface area contributed by atoms with E-state index in [4.69, 9.17) is 5.73 Å². The maximum absolute atomic E-state index is 13.8. The molecule has 2 heterocycles. The van der Waals surface area contributed by atoms with Crippen molar-refractivity contribution in [1.29, 1.82) is 5.26 Å². The van der Waals surface area contributed by atoms with Crippen LogP contribution in [0.2, 0.25) is 0 Å². The van der Waals surface area contributed by atoms with Gasteiger partial charge in [0.2, 0.25) is 0 Å². The van der Waals surface area contributed by atoms with Crippen LogP contribution >= 0.6 is 27.3 Å². The molecule has 0 radical (unpaired) electrons. The first-order valence-corrected chi connectivity index (χ1v) is 10.1. The number of rotatable bonds is 2. The largest absolute Gasteiger partial charge is 0.384 e. The molecule has 4 rings (SSSR count). The van der Waals surface area contributed by atoms with E-state index in [1.807, 2.05) is 11.4 Å². The Bertz CT molecular complexity index is 1050. The summed E-state index contributed by atoms with van der Waals surface area (Å²) in [6.45, 7) is 0. The second-order valence-corrected chi connectivity index (χ2v) is 8.32. The molecule has 7 heteroatoms. The van der Waals surface area contributed by atoms with E-state index in [1.54, 1.807) is 17.0 Å². The molecular weight excluding hydrogens is 429 g/mol. The van der Waals surface area contributed by atoms with E-state index in [9.17, 15) is 14.4 Å². The number of halogens is 2. The third-order valence-corrected chi connectivity index (χ3v) is 6.61. The van der Waals surface area contributed by atoms with Crippen LogP contribution in [-0.2, 0) is 4.79 Å². The molecule has 0 amide bonds. The van der Waals surface area contributed by atoms with Crippen LogP contribution in [0.3, 0.4) is 0 Å². The predicted molar refractivity (Wildman–Crippen MR) is 106 cm³/mol. The molecular formula is C20H15BrFN3OS. The molecule has 2 aromatic rings. The number of allylic oxidation sites excluding steroid dienone is 3. The van der Waals surface area contributed by atoms with E-state index in [0.717, 1.165) is 15.0 Å². The van der Waals surface area contributed by atoms with Crippen molar-refractivity contribution < 1.29 is 9.18 Å². The van der Waals surface area contributed by atoms with Gasteiger partial charge in [0.05, 0.1) is 23.2 Å². The highest BCUT2D eigenvalue weighted by atomic mass is 79.9. The van der Waals surface area contributed by atoms with E-state index < -0.39 is 11.7 Å². The van der Waals surface area contributed by atoms with Crippen LogP contribution < -0.4 is 10.6 Å². The number of ketones is 1. The highest BCUT2D eigenvalue weighted by Gasteiger charge is 2.40. The van der Waals surface area contributed by atoms with Crippen LogP contribution in [0.15, 0.2) is 62.8 Å². The molecule has 0 fully saturated rings. The Balaban J connectivity index is 1.97. The van der Waals surface area contributed by atoms with Crippen molar-refractivity contribution in [2.45, 2.75) is 25.2 Å². The SMILES string of the molecule is N#CC1=C(N)N(c2cccc(F)c2)C2=C(C(=O)CCC2)C1c1cc(Br)cs1. The number of nitriles is 1. The number of thiophene rings is 1. The van der Waals surface area contributed by atoms with E-state index >= 15 is 0 Å². The lowest BCUT2D eigenvalue weighted by atomic mass is 9.78. The summed E-state index contributed by atoms with van der Waals surface area (Å²) < 4.78 is 14.7. The van der Waals surface area contributed by atoms with Crippen LogP contribution in [0, 0.1) is 17.1 Å². The van der Waals surface area contributed by atoms with Crippen LogP contribution in [0.5, 0.6) is 0 Å². The number of carbonyl (C=O) groups is 1. The number of anilines is 1. The van der Waals surface area contributed by atoms with Crippen molar-refractivity contribution in [1.82, 2.24) is 0 Å². The smallest absolute Gasteiger partial charge is 0.161 e. The standard InChI is InChI=1S/C20H15BrFN3OS/c21-11-7-17(27-10-11)18-14(9-23)20(24)25(13-4-1-3-12(22)8-13)15-5-2-6-16(26)19(15)18/h1,3-4,7-8,10,18H,2,5-6,24H2. The molecule has 1 aromatic carbocycles. The van der Waals surface area contributed by atoms with Crippen LogP contribution in [0.25, 0.3) is 0 Å². The van der Waals surface area contributed by atoms with E-state index in [2.05, 4.69) is 22.0 Å². The molecule has 0 saturated carbocycles. The van der Waals surface area contributed by atoms with Gasteiger partial charge >= 0.3 is 0 Å². The maximum atomic E-state index is 13.8. The molecule has 2 aliphatic rings. The Labute approximate surface area is 168 Å². The summed E-state index contributed by atoms with van der Waals surface area (Å²) in [6.07, 6.45) is 1.80. The normalized spacial score (nSPS) is 20.0. The van der Waals surface area contributed by atoms with Crippen molar-refractivity contribution in [3.8, 4) is 6.07 Å². The van der Waals surface area contributed by atoms with Crippen LogP contribution in [-0.4, -0.2) is 5.78 Å². The van der Waals surface area contributed by atoms with Crippen molar-refractivity contribution >= 4 is 38.7 Å². The molecule has 27 heavy (non-hydrogen) atoms. The summed E-state index contributed by atoms with van der Waals surface area (Å²) in [7, 11) is 0. The molecule has 1 aromatic heterocycles. The van der Waals surface area contributed by atoms with Gasteiger partial charge in [-0.1, -0.05) is 6.07 Å². The molecule has 0 spiro atoms. The van der Waals surface area contributed by atoms with Crippen LogP contribution in [0.1, 0.15) is 30.1 Å². The fourth-order valence-corrected chi connectivity index (χ4v) is 5.32. The number of nitrogens with zero attached hydrogens (tertiary/aromatic N) is 2. The Morgan fingerprint density at radius 2 is 2.15 bits per heavy atom. The highest BCUT2D eigenvalue weighted by Crippen LogP contribution is 2.47. The number of Topliss-reactive ketones (excluding diaryl/α,β-unsaturated/α-hetero) is 1. The number of nitrogens with two attached hydrogens (primary N) is 1. The lowest BCUT2D eigenvalue weighted by molar-refractivity contribution is -0.116. The van der Waals surface area contributed by atoms with Gasteiger partial charge in [-0.05, 0) is 53.0 Å². The van der Waals surface area contributed by atoms with E-state index in [-0.39, 0.29) is 11.6 Å². The van der Waals surface area contributed by atoms with E-state index in [0.29, 0.717) is 36.1 Å². The van der Waals surface area contributed by atoms with Gasteiger partial charge < -0.3 is 5.73 Å². The highest BCUT2D eigenvalue weighted by molar-refractivity contribution is 9.10. The Morgan fingerprint density at radius 1 is 1.33 bits per heavy atom. The minimum absolute atomic E-state index is 0.0208. The van der Waals surface area contributed by atoms with Crippen LogP contribution in [0.4, 0.5) is 10.1 Å². The van der Waals surface area contributed by atoms with Gasteiger partial charge in [0.25, 0.3) is 0 Å². The quantitative estimate of drug-likeness (QED) is 0.712. The van der Waals surface area contributed by atoms with Crippen molar-refractivity contribution in [3.63, 3.8) is 0 Å². The predicted octanol–water partition coefficient (Wildman–Crippen LogP) is 4.95. The summed E-state index contributed by atoms with van der Waals surface area (Å²) in [6, 6.07) is 10.2. The molecule has 136 valence electrons. The Kier molecular flexibility index (Phi) is 4.62.